The second kappa shape index (κ2) is 9.94. The van der Waals surface area contributed by atoms with E-state index in [-0.39, 0.29) is 0 Å². The Morgan fingerprint density at radius 3 is 2.20 bits per heavy atom. The molecule has 9 nitrogen and oxygen atoms in total. The average Bonchev–Trinajstić information content (AvgIpc) is 2.63. The molecule has 0 N–H and O–H groups in total. The van der Waals surface area contributed by atoms with Crippen molar-refractivity contribution in [1.29, 1.82) is 0 Å². The summed E-state index contributed by atoms with van der Waals surface area (Å²) in [6.45, 7) is 7.72. The van der Waals surface area contributed by atoms with Crippen molar-refractivity contribution in [2.24, 2.45) is 0 Å². The van der Waals surface area contributed by atoms with Gasteiger partial charge >= 0.3 is 8.80 Å². The van der Waals surface area contributed by atoms with Gasteiger partial charge in [-0.15, -0.1) is 0 Å². The zero-order chi connectivity index (χ0) is 22.4. The fraction of sp³-hybridized carbons (Fsp3) is 0.550. The molecule has 1 unspecified atom stereocenters. The molecule has 0 aliphatic carbocycles. The highest BCUT2D eigenvalue weighted by atomic mass is 28.4. The first-order valence-electron chi connectivity index (χ1n) is 9.74. The fourth-order valence-corrected chi connectivity index (χ4v) is 4.91. The lowest BCUT2D eigenvalue weighted by molar-refractivity contribution is -0.198. The Bertz CT molecular complexity index is 754. The Balaban J connectivity index is 2.15. The highest BCUT2D eigenvalue weighted by Crippen LogP contribution is 2.36. The molecule has 0 amide bonds. The third-order valence-electron chi connectivity index (χ3n) is 4.19. The number of fused-ring (bicyclic) bond motifs is 1. The highest BCUT2D eigenvalue weighted by Gasteiger charge is 2.53. The van der Waals surface area contributed by atoms with Crippen LogP contribution in [0, 0.1) is 0 Å². The highest BCUT2D eigenvalue weighted by molar-refractivity contribution is 6.65. The Morgan fingerprint density at radius 2 is 1.67 bits per heavy atom. The smallest absolute Gasteiger partial charge is 0.485 e. The number of carbonyl (C=O) groups is 3. The molecule has 0 saturated heterocycles. The third-order valence-corrected chi connectivity index (χ3v) is 6.48. The van der Waals surface area contributed by atoms with E-state index in [9.17, 15) is 14.4 Å². The monoisotopic (exact) mass is 440 g/mol. The molecule has 10 heteroatoms. The minimum atomic E-state index is -4.07. The molecule has 0 radical (unpaired) electrons. The van der Waals surface area contributed by atoms with Gasteiger partial charge in [0.15, 0.2) is 6.23 Å². The summed E-state index contributed by atoms with van der Waals surface area (Å²) >= 11 is 0. The number of hydrogen-bond donors (Lipinski definition) is 0. The molecule has 1 aliphatic heterocycles. The zero-order valence-corrected chi connectivity index (χ0v) is 18.9. The summed E-state index contributed by atoms with van der Waals surface area (Å²) in [5.74, 6) is -1.87. The molecule has 1 aliphatic rings. The number of unbranched alkanes of at least 4 members (excludes halogenated alkanes) is 1. The zero-order valence-electron chi connectivity index (χ0n) is 17.9. The Morgan fingerprint density at radius 1 is 1.07 bits per heavy atom. The van der Waals surface area contributed by atoms with Crippen molar-refractivity contribution in [1.82, 2.24) is 0 Å². The van der Waals surface area contributed by atoms with Crippen LogP contribution in [-0.2, 0) is 39.0 Å². The van der Waals surface area contributed by atoms with Gasteiger partial charge in [-0.1, -0.05) is 13.3 Å². The van der Waals surface area contributed by atoms with Gasteiger partial charge in [-0.05, 0) is 24.6 Å². The SMILES string of the molecule is CCCCC1(C)OCc2cc(OC[Si](OC(C)=O)(OC(C)=O)OC(C)=O)ccc2O1. The van der Waals surface area contributed by atoms with Crippen LogP contribution in [0.25, 0.3) is 0 Å². The van der Waals surface area contributed by atoms with E-state index >= 15 is 0 Å². The van der Waals surface area contributed by atoms with Gasteiger partial charge in [0.2, 0.25) is 5.79 Å². The molecule has 1 heterocycles. The van der Waals surface area contributed by atoms with Crippen LogP contribution in [0.5, 0.6) is 11.5 Å². The number of hydrogen-bond acceptors (Lipinski definition) is 9. The fourth-order valence-electron chi connectivity index (χ4n) is 2.95. The van der Waals surface area contributed by atoms with Gasteiger partial charge in [0.25, 0.3) is 17.9 Å². The van der Waals surface area contributed by atoms with Crippen LogP contribution in [0.4, 0.5) is 0 Å². The Labute approximate surface area is 176 Å². The van der Waals surface area contributed by atoms with Crippen LogP contribution in [-0.4, -0.2) is 38.7 Å². The summed E-state index contributed by atoms with van der Waals surface area (Å²) in [5.41, 5.74) is 0.779. The lowest BCUT2D eigenvalue weighted by Gasteiger charge is -2.36. The molecule has 166 valence electrons. The van der Waals surface area contributed by atoms with Gasteiger partial charge in [0, 0.05) is 39.7 Å². The molecular weight excluding hydrogens is 412 g/mol. The number of ether oxygens (including phenoxy) is 3. The van der Waals surface area contributed by atoms with Crippen LogP contribution >= 0.6 is 0 Å². The number of benzene rings is 1. The number of rotatable bonds is 9. The second-order valence-corrected chi connectivity index (χ2v) is 9.42. The van der Waals surface area contributed by atoms with Crippen molar-refractivity contribution in [3.05, 3.63) is 23.8 Å². The van der Waals surface area contributed by atoms with Crippen molar-refractivity contribution in [2.45, 2.75) is 66.3 Å². The summed E-state index contributed by atoms with van der Waals surface area (Å²) in [6, 6.07) is 5.13. The molecule has 0 aromatic heterocycles. The molecule has 30 heavy (non-hydrogen) atoms. The van der Waals surface area contributed by atoms with Crippen LogP contribution in [0.3, 0.4) is 0 Å². The minimum absolute atomic E-state index is 0.340. The van der Waals surface area contributed by atoms with E-state index in [0.29, 0.717) is 18.1 Å². The molecule has 1 atom stereocenters. The largest absolute Gasteiger partial charge is 0.745 e. The topological polar surface area (TPSA) is 107 Å². The van der Waals surface area contributed by atoms with Crippen molar-refractivity contribution in [3.63, 3.8) is 0 Å². The molecule has 1 aromatic carbocycles. The predicted molar refractivity (Wildman–Crippen MR) is 106 cm³/mol. The van der Waals surface area contributed by atoms with Crippen molar-refractivity contribution >= 4 is 26.7 Å². The summed E-state index contributed by atoms with van der Waals surface area (Å²) in [4.78, 5) is 34.5. The maximum atomic E-state index is 11.5. The van der Waals surface area contributed by atoms with E-state index in [1.807, 2.05) is 6.92 Å². The van der Waals surface area contributed by atoms with Crippen LogP contribution in [0.2, 0.25) is 0 Å². The molecule has 2 rings (SSSR count). The normalized spacial score (nSPS) is 17.9. The van der Waals surface area contributed by atoms with E-state index in [2.05, 4.69) is 6.92 Å². The summed E-state index contributed by atoms with van der Waals surface area (Å²) in [7, 11) is -4.07. The lowest BCUT2D eigenvalue weighted by atomic mass is 10.1. The van der Waals surface area contributed by atoms with Gasteiger partial charge in [-0.3, -0.25) is 14.4 Å². The quantitative estimate of drug-likeness (QED) is 0.535. The second-order valence-electron chi connectivity index (χ2n) is 7.15. The first-order valence-corrected chi connectivity index (χ1v) is 11.7. The average molecular weight is 441 g/mol. The van der Waals surface area contributed by atoms with Crippen LogP contribution < -0.4 is 9.47 Å². The summed E-state index contributed by atoms with van der Waals surface area (Å²) < 4.78 is 32.8. The maximum absolute atomic E-state index is 11.5. The summed E-state index contributed by atoms with van der Waals surface area (Å²) in [6.07, 6.45) is 2.39. The number of carbonyl (C=O) groups excluding carboxylic acids is 3. The van der Waals surface area contributed by atoms with E-state index in [4.69, 9.17) is 27.5 Å². The molecule has 0 fully saturated rings. The Hall–Kier alpha value is -2.59. The summed E-state index contributed by atoms with van der Waals surface area (Å²) in [5, 5.41) is 0. The van der Waals surface area contributed by atoms with Gasteiger partial charge < -0.3 is 27.5 Å². The third kappa shape index (κ3) is 6.73. The van der Waals surface area contributed by atoms with E-state index in [1.165, 1.54) is 0 Å². The van der Waals surface area contributed by atoms with Crippen LogP contribution in [0.1, 0.15) is 59.4 Å². The van der Waals surface area contributed by atoms with Crippen LogP contribution in [0.15, 0.2) is 18.2 Å². The molecular formula is C20H28O9Si. The van der Waals surface area contributed by atoms with Gasteiger partial charge in [0.1, 0.15) is 11.5 Å². The molecule has 0 bridgehead atoms. The van der Waals surface area contributed by atoms with Gasteiger partial charge in [0.05, 0.1) is 6.61 Å². The van der Waals surface area contributed by atoms with Crippen molar-refractivity contribution < 1.29 is 41.9 Å². The maximum Gasteiger partial charge on any atom is 0.745 e. The molecule has 0 spiro atoms. The van der Waals surface area contributed by atoms with E-state index in [1.54, 1.807) is 18.2 Å². The predicted octanol–water partition coefficient (Wildman–Crippen LogP) is 3.05. The Kier molecular flexibility index (Phi) is 7.85. The van der Waals surface area contributed by atoms with E-state index < -0.39 is 38.7 Å². The van der Waals surface area contributed by atoms with Crippen molar-refractivity contribution in [3.8, 4) is 11.5 Å². The first-order chi connectivity index (χ1) is 14.1. The molecule has 0 saturated carbocycles. The minimum Gasteiger partial charge on any atom is -0.485 e. The van der Waals surface area contributed by atoms with E-state index in [0.717, 1.165) is 45.6 Å². The van der Waals surface area contributed by atoms with Crippen molar-refractivity contribution in [2.75, 3.05) is 6.23 Å². The van der Waals surface area contributed by atoms with Gasteiger partial charge in [-0.2, -0.15) is 0 Å². The molecule has 1 aromatic rings. The lowest BCUT2D eigenvalue weighted by Crippen LogP contribution is -2.54. The van der Waals surface area contributed by atoms with Gasteiger partial charge in [-0.25, -0.2) is 0 Å². The standard InChI is InChI=1S/C20H28O9Si/c1-6-7-10-20(5)25-12-17-11-18(8-9-19(17)26-20)24-13-30(27-14(2)21,28-15(3)22)29-16(4)23/h8-9,11H,6-7,10,12-13H2,1-5H3. The first kappa shape index (κ1) is 23.7.